The number of halogens is 1. The van der Waals surface area contributed by atoms with Crippen LogP contribution in [0, 0.1) is 0 Å². The SMILES string of the molecule is CC(c1ccc(Cl)cc1)C(C)N(C)Cc1noc(CN)n1. The number of rotatable bonds is 6. The minimum Gasteiger partial charge on any atom is -0.338 e. The second kappa shape index (κ2) is 7.02. The van der Waals surface area contributed by atoms with Crippen molar-refractivity contribution in [1.29, 1.82) is 0 Å². The number of nitrogens with two attached hydrogens (primary N) is 1. The van der Waals surface area contributed by atoms with Crippen LogP contribution in [0.4, 0.5) is 0 Å². The Labute approximate surface area is 130 Å². The van der Waals surface area contributed by atoms with E-state index < -0.39 is 0 Å². The molecule has 0 saturated heterocycles. The molecule has 2 rings (SSSR count). The highest BCUT2D eigenvalue weighted by atomic mass is 35.5. The van der Waals surface area contributed by atoms with Gasteiger partial charge in [0.2, 0.25) is 5.89 Å². The quantitative estimate of drug-likeness (QED) is 0.888. The molecule has 6 heteroatoms. The van der Waals surface area contributed by atoms with Gasteiger partial charge in [0.25, 0.3) is 0 Å². The highest BCUT2D eigenvalue weighted by Gasteiger charge is 2.20. The maximum Gasteiger partial charge on any atom is 0.240 e. The molecule has 21 heavy (non-hydrogen) atoms. The van der Waals surface area contributed by atoms with E-state index in [2.05, 4.69) is 48.1 Å². The third-order valence-electron chi connectivity index (χ3n) is 3.89. The maximum atomic E-state index is 5.93. The van der Waals surface area contributed by atoms with Crippen molar-refractivity contribution in [3.63, 3.8) is 0 Å². The Morgan fingerprint density at radius 3 is 2.52 bits per heavy atom. The van der Waals surface area contributed by atoms with Gasteiger partial charge in [0.15, 0.2) is 5.82 Å². The number of nitrogens with zero attached hydrogens (tertiary/aromatic N) is 3. The molecule has 0 amide bonds. The van der Waals surface area contributed by atoms with Crippen molar-refractivity contribution >= 4 is 11.6 Å². The standard InChI is InChI=1S/C15H21ClN4O/c1-10(12-4-6-13(16)7-5-12)11(2)20(3)9-14-18-15(8-17)21-19-14/h4-7,10-11H,8-9,17H2,1-3H3. The molecule has 0 aliphatic heterocycles. The predicted octanol–water partition coefficient (Wildman–Crippen LogP) is 2.81. The van der Waals surface area contributed by atoms with Crippen molar-refractivity contribution in [2.24, 2.45) is 5.73 Å². The van der Waals surface area contributed by atoms with E-state index in [1.165, 1.54) is 5.56 Å². The highest BCUT2D eigenvalue weighted by Crippen LogP contribution is 2.24. The van der Waals surface area contributed by atoms with Crippen LogP contribution < -0.4 is 5.73 Å². The van der Waals surface area contributed by atoms with Gasteiger partial charge in [-0.2, -0.15) is 4.98 Å². The van der Waals surface area contributed by atoms with E-state index in [0.717, 1.165) is 5.02 Å². The molecule has 1 aromatic heterocycles. The molecule has 0 saturated carbocycles. The summed E-state index contributed by atoms with van der Waals surface area (Å²) in [5.74, 6) is 1.50. The van der Waals surface area contributed by atoms with Crippen LogP contribution >= 0.6 is 11.6 Å². The van der Waals surface area contributed by atoms with Gasteiger partial charge in [0, 0.05) is 11.1 Å². The van der Waals surface area contributed by atoms with Gasteiger partial charge in [-0.05, 0) is 37.6 Å². The summed E-state index contributed by atoms with van der Waals surface area (Å²) in [6.07, 6.45) is 0. The maximum absolute atomic E-state index is 5.93. The summed E-state index contributed by atoms with van der Waals surface area (Å²) >= 11 is 5.93. The van der Waals surface area contributed by atoms with Gasteiger partial charge in [-0.25, -0.2) is 0 Å². The van der Waals surface area contributed by atoms with E-state index >= 15 is 0 Å². The Hall–Kier alpha value is -1.43. The third kappa shape index (κ3) is 4.03. The average Bonchev–Trinajstić information content (AvgIpc) is 2.94. The number of hydrogen-bond donors (Lipinski definition) is 1. The monoisotopic (exact) mass is 308 g/mol. The molecule has 0 aliphatic rings. The lowest BCUT2D eigenvalue weighted by atomic mass is 9.93. The lowest BCUT2D eigenvalue weighted by Crippen LogP contribution is -2.33. The first-order valence-electron chi connectivity index (χ1n) is 6.98. The Morgan fingerprint density at radius 1 is 1.29 bits per heavy atom. The van der Waals surface area contributed by atoms with Gasteiger partial charge in [-0.1, -0.05) is 35.8 Å². The molecule has 0 radical (unpaired) electrons. The van der Waals surface area contributed by atoms with Gasteiger partial charge < -0.3 is 10.3 Å². The Balaban J connectivity index is 2.00. The molecule has 0 bridgehead atoms. The lowest BCUT2D eigenvalue weighted by Gasteiger charge is -2.29. The van der Waals surface area contributed by atoms with Crippen molar-refractivity contribution in [2.45, 2.75) is 38.9 Å². The van der Waals surface area contributed by atoms with E-state index in [1.807, 2.05) is 12.1 Å². The van der Waals surface area contributed by atoms with Gasteiger partial charge >= 0.3 is 0 Å². The topological polar surface area (TPSA) is 68.2 Å². The zero-order valence-corrected chi connectivity index (χ0v) is 13.3. The molecular formula is C15H21ClN4O. The van der Waals surface area contributed by atoms with E-state index in [9.17, 15) is 0 Å². The van der Waals surface area contributed by atoms with Crippen molar-refractivity contribution in [3.05, 3.63) is 46.6 Å². The normalized spacial score (nSPS) is 14.4. The van der Waals surface area contributed by atoms with Crippen LogP contribution in [0.2, 0.25) is 5.02 Å². The molecule has 0 aliphatic carbocycles. The molecule has 5 nitrogen and oxygen atoms in total. The summed E-state index contributed by atoms with van der Waals surface area (Å²) in [5, 5.41) is 4.69. The largest absolute Gasteiger partial charge is 0.338 e. The first-order chi connectivity index (χ1) is 10.0. The Bertz CT molecular complexity index is 569. The van der Waals surface area contributed by atoms with Crippen LogP contribution in [0.3, 0.4) is 0 Å². The summed E-state index contributed by atoms with van der Waals surface area (Å²) in [6, 6.07) is 8.31. The number of likely N-dealkylation sites (N-methyl/N-ethyl adjacent to an activating group) is 1. The van der Waals surface area contributed by atoms with Crippen LogP contribution in [-0.2, 0) is 13.1 Å². The van der Waals surface area contributed by atoms with Gasteiger partial charge in [-0.3, -0.25) is 4.90 Å². The van der Waals surface area contributed by atoms with Crippen LogP contribution in [0.5, 0.6) is 0 Å². The number of aromatic nitrogens is 2. The second-order valence-corrected chi connectivity index (χ2v) is 5.74. The molecule has 114 valence electrons. The van der Waals surface area contributed by atoms with Gasteiger partial charge in [0.1, 0.15) is 0 Å². The Kier molecular flexibility index (Phi) is 5.33. The predicted molar refractivity (Wildman–Crippen MR) is 83.0 cm³/mol. The third-order valence-corrected chi connectivity index (χ3v) is 4.14. The van der Waals surface area contributed by atoms with E-state index in [1.54, 1.807) is 0 Å². The van der Waals surface area contributed by atoms with Crippen LogP contribution in [-0.4, -0.2) is 28.1 Å². The molecule has 2 aromatic rings. The molecule has 2 atom stereocenters. The van der Waals surface area contributed by atoms with E-state index in [0.29, 0.717) is 30.2 Å². The highest BCUT2D eigenvalue weighted by molar-refractivity contribution is 6.30. The summed E-state index contributed by atoms with van der Waals surface area (Å²) < 4.78 is 5.03. The summed E-state index contributed by atoms with van der Waals surface area (Å²) in [7, 11) is 2.05. The second-order valence-electron chi connectivity index (χ2n) is 5.30. The number of benzene rings is 1. The summed E-state index contributed by atoms with van der Waals surface area (Å²) in [6.45, 7) is 5.28. The lowest BCUT2D eigenvalue weighted by molar-refractivity contribution is 0.215. The zero-order valence-electron chi connectivity index (χ0n) is 12.6. The molecular weight excluding hydrogens is 288 g/mol. The van der Waals surface area contributed by atoms with Crippen molar-refractivity contribution in [3.8, 4) is 0 Å². The number of hydrogen-bond acceptors (Lipinski definition) is 5. The fraction of sp³-hybridized carbons (Fsp3) is 0.467. The zero-order chi connectivity index (χ0) is 15.4. The van der Waals surface area contributed by atoms with E-state index in [4.69, 9.17) is 21.9 Å². The summed E-state index contributed by atoms with van der Waals surface area (Å²) in [5.41, 5.74) is 6.73. The smallest absolute Gasteiger partial charge is 0.240 e. The fourth-order valence-electron chi connectivity index (χ4n) is 2.23. The Morgan fingerprint density at radius 2 is 1.95 bits per heavy atom. The summed E-state index contributed by atoms with van der Waals surface area (Å²) in [4.78, 5) is 6.43. The molecule has 2 unspecified atom stereocenters. The molecule has 0 spiro atoms. The molecule has 0 fully saturated rings. The molecule has 1 aromatic carbocycles. The molecule has 2 N–H and O–H groups in total. The van der Waals surface area contributed by atoms with Crippen molar-refractivity contribution in [1.82, 2.24) is 15.0 Å². The average molecular weight is 309 g/mol. The van der Waals surface area contributed by atoms with Crippen molar-refractivity contribution in [2.75, 3.05) is 7.05 Å². The van der Waals surface area contributed by atoms with Crippen LogP contribution in [0.1, 0.15) is 37.0 Å². The van der Waals surface area contributed by atoms with E-state index in [-0.39, 0.29) is 6.54 Å². The first kappa shape index (κ1) is 15.9. The molecule has 1 heterocycles. The van der Waals surface area contributed by atoms with Crippen molar-refractivity contribution < 1.29 is 4.52 Å². The van der Waals surface area contributed by atoms with Crippen LogP contribution in [0.25, 0.3) is 0 Å². The fourth-order valence-corrected chi connectivity index (χ4v) is 2.36. The van der Waals surface area contributed by atoms with Crippen LogP contribution in [0.15, 0.2) is 28.8 Å². The van der Waals surface area contributed by atoms with Gasteiger partial charge in [0.05, 0.1) is 13.1 Å². The minimum atomic E-state index is 0.271. The van der Waals surface area contributed by atoms with Gasteiger partial charge in [-0.15, -0.1) is 0 Å². The minimum absolute atomic E-state index is 0.271. The first-order valence-corrected chi connectivity index (χ1v) is 7.36.